The molecule has 9 heteroatoms. The standard InChI is InChI=1S/C22H25ClN2O5S/c1-3-16-6-8-17(9-7-16)24-21(26)15(2)30-22(27)19-14-18(10-11-20(19)23)31(28,29)25-12-4-5-13-25/h6-11,14-15H,3-5,12-13H2,1-2H3,(H,24,26). The van der Waals surface area contributed by atoms with Crippen molar-refractivity contribution in [1.82, 2.24) is 4.31 Å². The normalized spacial score (nSPS) is 15.5. The van der Waals surface area contributed by atoms with Crippen molar-refractivity contribution in [2.24, 2.45) is 0 Å². The first-order valence-corrected chi connectivity index (χ1v) is 11.9. The number of nitrogens with zero attached hydrogens (tertiary/aromatic N) is 1. The lowest BCUT2D eigenvalue weighted by Gasteiger charge is -2.17. The van der Waals surface area contributed by atoms with E-state index in [1.54, 1.807) is 12.1 Å². The number of benzene rings is 2. The molecule has 2 aromatic carbocycles. The lowest BCUT2D eigenvalue weighted by atomic mass is 10.1. The molecule has 1 saturated heterocycles. The van der Waals surface area contributed by atoms with Gasteiger partial charge in [0.15, 0.2) is 6.10 Å². The number of halogens is 1. The van der Waals surface area contributed by atoms with E-state index in [1.807, 2.05) is 19.1 Å². The van der Waals surface area contributed by atoms with Gasteiger partial charge in [0, 0.05) is 18.8 Å². The van der Waals surface area contributed by atoms with Gasteiger partial charge in [0.05, 0.1) is 15.5 Å². The molecule has 0 bridgehead atoms. The van der Waals surface area contributed by atoms with Crippen LogP contribution in [0.1, 0.15) is 42.6 Å². The number of aryl methyl sites for hydroxylation is 1. The lowest BCUT2D eigenvalue weighted by molar-refractivity contribution is -0.123. The number of nitrogens with one attached hydrogen (secondary N) is 1. The number of carbonyl (C=O) groups is 2. The van der Waals surface area contributed by atoms with E-state index < -0.39 is 28.0 Å². The molecule has 2 aromatic rings. The van der Waals surface area contributed by atoms with Crippen molar-refractivity contribution >= 4 is 39.2 Å². The maximum Gasteiger partial charge on any atom is 0.340 e. The van der Waals surface area contributed by atoms with E-state index in [2.05, 4.69) is 5.32 Å². The van der Waals surface area contributed by atoms with Crippen LogP contribution >= 0.6 is 11.6 Å². The van der Waals surface area contributed by atoms with Gasteiger partial charge in [-0.3, -0.25) is 4.79 Å². The van der Waals surface area contributed by atoms with E-state index >= 15 is 0 Å². The monoisotopic (exact) mass is 464 g/mol. The maximum atomic E-state index is 12.8. The number of ether oxygens (including phenoxy) is 1. The summed E-state index contributed by atoms with van der Waals surface area (Å²) >= 11 is 6.11. The molecule has 0 radical (unpaired) electrons. The molecule has 1 N–H and O–H groups in total. The Morgan fingerprint density at radius 3 is 2.39 bits per heavy atom. The van der Waals surface area contributed by atoms with Gasteiger partial charge in [0.2, 0.25) is 10.0 Å². The molecule has 1 aliphatic rings. The van der Waals surface area contributed by atoms with Crippen LogP contribution in [-0.2, 0) is 26.0 Å². The number of hydrogen-bond acceptors (Lipinski definition) is 5. The molecule has 166 valence electrons. The molecule has 1 heterocycles. The molecule has 1 atom stereocenters. The Labute approximate surface area is 187 Å². The highest BCUT2D eigenvalue weighted by Crippen LogP contribution is 2.26. The topological polar surface area (TPSA) is 92.8 Å². The highest BCUT2D eigenvalue weighted by molar-refractivity contribution is 7.89. The molecular formula is C22H25ClN2O5S. The number of anilines is 1. The zero-order valence-corrected chi connectivity index (χ0v) is 19.0. The number of carbonyl (C=O) groups excluding carboxylic acids is 2. The lowest BCUT2D eigenvalue weighted by Crippen LogP contribution is -2.30. The van der Waals surface area contributed by atoms with Crippen LogP contribution in [0.4, 0.5) is 5.69 Å². The molecule has 0 saturated carbocycles. The highest BCUT2D eigenvalue weighted by Gasteiger charge is 2.29. The van der Waals surface area contributed by atoms with E-state index in [0.29, 0.717) is 18.8 Å². The fourth-order valence-corrected chi connectivity index (χ4v) is 4.98. The van der Waals surface area contributed by atoms with Crippen molar-refractivity contribution in [2.75, 3.05) is 18.4 Å². The minimum atomic E-state index is -3.72. The van der Waals surface area contributed by atoms with Crippen molar-refractivity contribution < 1.29 is 22.7 Å². The number of amides is 1. The zero-order chi connectivity index (χ0) is 22.6. The maximum absolute atomic E-state index is 12.8. The molecule has 0 aliphatic carbocycles. The Balaban J connectivity index is 1.70. The van der Waals surface area contributed by atoms with Gasteiger partial charge in [-0.25, -0.2) is 13.2 Å². The van der Waals surface area contributed by atoms with Crippen LogP contribution in [0.2, 0.25) is 5.02 Å². The van der Waals surface area contributed by atoms with E-state index in [-0.39, 0.29) is 15.5 Å². The molecule has 1 fully saturated rings. The molecule has 0 aromatic heterocycles. The number of hydrogen-bond donors (Lipinski definition) is 1. The first kappa shape index (κ1) is 23.2. The second-order valence-corrected chi connectivity index (χ2v) is 9.69. The van der Waals surface area contributed by atoms with Crippen LogP contribution < -0.4 is 5.32 Å². The summed E-state index contributed by atoms with van der Waals surface area (Å²) in [4.78, 5) is 25.0. The minimum absolute atomic E-state index is 0.0288. The van der Waals surface area contributed by atoms with E-state index in [0.717, 1.165) is 24.8 Å². The fourth-order valence-electron chi connectivity index (χ4n) is 3.24. The Morgan fingerprint density at radius 2 is 1.77 bits per heavy atom. The predicted molar refractivity (Wildman–Crippen MR) is 119 cm³/mol. The van der Waals surface area contributed by atoms with Crippen molar-refractivity contribution in [2.45, 2.75) is 44.1 Å². The first-order chi connectivity index (χ1) is 14.7. The van der Waals surface area contributed by atoms with Crippen LogP contribution in [0.5, 0.6) is 0 Å². The van der Waals surface area contributed by atoms with Gasteiger partial charge >= 0.3 is 5.97 Å². The SMILES string of the molecule is CCc1ccc(NC(=O)C(C)OC(=O)c2cc(S(=O)(=O)N3CCCC3)ccc2Cl)cc1. The summed E-state index contributed by atoms with van der Waals surface area (Å²) < 4.78 is 32.2. The van der Waals surface area contributed by atoms with E-state index in [9.17, 15) is 18.0 Å². The average molecular weight is 465 g/mol. The van der Waals surface area contributed by atoms with Gasteiger partial charge in [-0.1, -0.05) is 30.7 Å². The van der Waals surface area contributed by atoms with Crippen LogP contribution in [0.15, 0.2) is 47.4 Å². The molecule has 31 heavy (non-hydrogen) atoms. The van der Waals surface area contributed by atoms with Crippen LogP contribution in [0.25, 0.3) is 0 Å². The first-order valence-electron chi connectivity index (χ1n) is 10.1. The second kappa shape index (κ2) is 9.80. The molecule has 0 spiro atoms. The third-order valence-electron chi connectivity index (χ3n) is 5.14. The van der Waals surface area contributed by atoms with Gasteiger partial charge < -0.3 is 10.1 Å². The largest absolute Gasteiger partial charge is 0.449 e. The van der Waals surface area contributed by atoms with Gasteiger partial charge in [-0.2, -0.15) is 4.31 Å². The van der Waals surface area contributed by atoms with Crippen LogP contribution in [-0.4, -0.2) is 43.8 Å². The van der Waals surface area contributed by atoms with Gasteiger partial charge in [0.25, 0.3) is 5.91 Å². The van der Waals surface area contributed by atoms with Gasteiger partial charge in [0.1, 0.15) is 0 Å². The van der Waals surface area contributed by atoms with Crippen molar-refractivity contribution in [3.8, 4) is 0 Å². The quantitative estimate of drug-likeness (QED) is 0.628. The number of esters is 1. The summed E-state index contributed by atoms with van der Waals surface area (Å²) in [5.41, 5.74) is 1.62. The second-order valence-electron chi connectivity index (χ2n) is 7.34. The van der Waals surface area contributed by atoms with Gasteiger partial charge in [-0.05, 0) is 62.1 Å². The minimum Gasteiger partial charge on any atom is -0.449 e. The zero-order valence-electron chi connectivity index (χ0n) is 17.4. The van der Waals surface area contributed by atoms with Crippen molar-refractivity contribution in [3.63, 3.8) is 0 Å². The highest BCUT2D eigenvalue weighted by atomic mass is 35.5. The average Bonchev–Trinajstić information content (AvgIpc) is 3.30. The summed E-state index contributed by atoms with van der Waals surface area (Å²) in [6.45, 7) is 4.36. The van der Waals surface area contributed by atoms with Crippen LogP contribution in [0, 0.1) is 0 Å². The molecule has 1 aliphatic heterocycles. The Hall–Kier alpha value is -2.42. The summed E-state index contributed by atoms with van der Waals surface area (Å²) in [5.74, 6) is -1.37. The number of sulfonamides is 1. The van der Waals surface area contributed by atoms with Crippen LogP contribution in [0.3, 0.4) is 0 Å². The Morgan fingerprint density at radius 1 is 1.13 bits per heavy atom. The predicted octanol–water partition coefficient (Wildman–Crippen LogP) is 3.87. The van der Waals surface area contributed by atoms with Crippen molar-refractivity contribution in [1.29, 1.82) is 0 Å². The van der Waals surface area contributed by atoms with E-state index in [4.69, 9.17) is 16.3 Å². The van der Waals surface area contributed by atoms with Crippen molar-refractivity contribution in [3.05, 3.63) is 58.6 Å². The summed E-state index contributed by atoms with van der Waals surface area (Å²) in [7, 11) is -3.72. The fraction of sp³-hybridized carbons (Fsp3) is 0.364. The Bertz CT molecular complexity index is 1060. The van der Waals surface area contributed by atoms with Gasteiger partial charge in [-0.15, -0.1) is 0 Å². The molecule has 3 rings (SSSR count). The third kappa shape index (κ3) is 5.44. The molecule has 1 amide bonds. The molecule has 1 unspecified atom stereocenters. The smallest absolute Gasteiger partial charge is 0.340 e. The van der Waals surface area contributed by atoms with E-state index in [1.165, 1.54) is 29.4 Å². The summed E-state index contributed by atoms with van der Waals surface area (Å²) in [6, 6.07) is 11.3. The Kier molecular flexibility index (Phi) is 7.35. The summed E-state index contributed by atoms with van der Waals surface area (Å²) in [6.07, 6.45) is 1.38. The molecule has 7 nitrogen and oxygen atoms in total. The summed E-state index contributed by atoms with van der Waals surface area (Å²) in [5, 5.41) is 2.73. The molecular weight excluding hydrogens is 440 g/mol. The number of rotatable bonds is 7. The third-order valence-corrected chi connectivity index (χ3v) is 7.37.